The second-order valence-electron chi connectivity index (χ2n) is 3.92. The molecule has 1 amide bonds. The van der Waals surface area contributed by atoms with Gasteiger partial charge in [-0.1, -0.05) is 12.8 Å². The SMILES string of the molecule is C[C@H](NC(=O)C1CCCCCN1)C(=O)O. The number of amides is 1. The highest BCUT2D eigenvalue weighted by atomic mass is 16.4. The van der Waals surface area contributed by atoms with Gasteiger partial charge in [0.2, 0.25) is 5.91 Å². The Hall–Kier alpha value is -1.10. The van der Waals surface area contributed by atoms with Crippen LogP contribution in [0, 0.1) is 0 Å². The van der Waals surface area contributed by atoms with E-state index in [-0.39, 0.29) is 11.9 Å². The fourth-order valence-corrected chi connectivity index (χ4v) is 1.63. The van der Waals surface area contributed by atoms with Gasteiger partial charge in [-0.15, -0.1) is 0 Å². The molecule has 15 heavy (non-hydrogen) atoms. The van der Waals surface area contributed by atoms with Crippen LogP contribution < -0.4 is 10.6 Å². The molecule has 1 fully saturated rings. The molecule has 1 saturated heterocycles. The molecule has 5 heteroatoms. The van der Waals surface area contributed by atoms with Crippen LogP contribution >= 0.6 is 0 Å². The lowest BCUT2D eigenvalue weighted by Crippen LogP contribution is -2.48. The quantitative estimate of drug-likeness (QED) is 0.623. The van der Waals surface area contributed by atoms with Crippen LogP contribution in [0.4, 0.5) is 0 Å². The van der Waals surface area contributed by atoms with Gasteiger partial charge < -0.3 is 15.7 Å². The van der Waals surface area contributed by atoms with E-state index in [0.717, 1.165) is 32.2 Å². The Labute approximate surface area is 89.2 Å². The first-order valence-electron chi connectivity index (χ1n) is 5.38. The number of aliphatic carboxylic acids is 1. The summed E-state index contributed by atoms with van der Waals surface area (Å²) in [5.41, 5.74) is 0. The Bertz CT molecular complexity index is 235. The largest absolute Gasteiger partial charge is 0.480 e. The maximum atomic E-state index is 11.6. The zero-order valence-corrected chi connectivity index (χ0v) is 8.95. The van der Waals surface area contributed by atoms with Crippen molar-refractivity contribution < 1.29 is 14.7 Å². The lowest BCUT2D eigenvalue weighted by Gasteiger charge is -2.17. The molecule has 1 heterocycles. The zero-order chi connectivity index (χ0) is 11.3. The zero-order valence-electron chi connectivity index (χ0n) is 8.95. The normalized spacial score (nSPS) is 23.9. The molecule has 1 aliphatic heterocycles. The summed E-state index contributed by atoms with van der Waals surface area (Å²) < 4.78 is 0. The van der Waals surface area contributed by atoms with Gasteiger partial charge in [0.25, 0.3) is 0 Å². The van der Waals surface area contributed by atoms with Gasteiger partial charge in [-0.2, -0.15) is 0 Å². The van der Waals surface area contributed by atoms with Crippen molar-refractivity contribution in [2.45, 2.75) is 44.7 Å². The molecule has 0 aromatic carbocycles. The van der Waals surface area contributed by atoms with E-state index in [0.29, 0.717) is 0 Å². The van der Waals surface area contributed by atoms with Crippen molar-refractivity contribution in [3.8, 4) is 0 Å². The second kappa shape index (κ2) is 5.70. The van der Waals surface area contributed by atoms with Crippen molar-refractivity contribution in [1.82, 2.24) is 10.6 Å². The molecular formula is C10H18N2O3. The molecule has 1 unspecified atom stereocenters. The molecule has 0 aliphatic carbocycles. The summed E-state index contributed by atoms with van der Waals surface area (Å²) in [6.45, 7) is 2.30. The van der Waals surface area contributed by atoms with Gasteiger partial charge in [0.1, 0.15) is 6.04 Å². The van der Waals surface area contributed by atoms with E-state index >= 15 is 0 Å². The standard InChI is InChI=1S/C10H18N2O3/c1-7(10(14)15)12-9(13)8-5-3-2-4-6-11-8/h7-8,11H,2-6H2,1H3,(H,12,13)(H,14,15)/t7-,8?/m0/s1. The van der Waals surface area contributed by atoms with Crippen molar-refractivity contribution in [2.75, 3.05) is 6.54 Å². The summed E-state index contributed by atoms with van der Waals surface area (Å²) in [6, 6.07) is -1.04. The van der Waals surface area contributed by atoms with Crippen molar-refractivity contribution in [3.05, 3.63) is 0 Å². The monoisotopic (exact) mass is 214 g/mol. The molecule has 0 radical (unpaired) electrons. The summed E-state index contributed by atoms with van der Waals surface area (Å²) in [7, 11) is 0. The summed E-state index contributed by atoms with van der Waals surface area (Å²) in [6.07, 6.45) is 4.02. The maximum Gasteiger partial charge on any atom is 0.325 e. The second-order valence-corrected chi connectivity index (χ2v) is 3.92. The highest BCUT2D eigenvalue weighted by molar-refractivity contribution is 5.86. The van der Waals surface area contributed by atoms with E-state index in [4.69, 9.17) is 5.11 Å². The average molecular weight is 214 g/mol. The number of nitrogens with one attached hydrogen (secondary N) is 2. The van der Waals surface area contributed by atoms with Crippen LogP contribution in [0.5, 0.6) is 0 Å². The van der Waals surface area contributed by atoms with Crippen LogP contribution in [0.2, 0.25) is 0 Å². The fraction of sp³-hybridized carbons (Fsp3) is 0.800. The number of carboxylic acid groups (broad SMARTS) is 1. The minimum Gasteiger partial charge on any atom is -0.480 e. The topological polar surface area (TPSA) is 78.4 Å². The molecule has 2 atom stereocenters. The van der Waals surface area contributed by atoms with Gasteiger partial charge in [0, 0.05) is 0 Å². The van der Waals surface area contributed by atoms with E-state index in [1.807, 2.05) is 0 Å². The highest BCUT2D eigenvalue weighted by Gasteiger charge is 2.22. The van der Waals surface area contributed by atoms with Crippen LogP contribution in [0.1, 0.15) is 32.6 Å². The molecule has 0 saturated carbocycles. The third-order valence-electron chi connectivity index (χ3n) is 2.61. The molecule has 0 spiro atoms. The first kappa shape index (κ1) is 12.0. The molecule has 1 aliphatic rings. The Morgan fingerprint density at radius 3 is 2.80 bits per heavy atom. The van der Waals surface area contributed by atoms with Crippen molar-refractivity contribution in [3.63, 3.8) is 0 Å². The Balaban J connectivity index is 2.41. The van der Waals surface area contributed by atoms with E-state index in [1.165, 1.54) is 6.92 Å². The number of carbonyl (C=O) groups excluding carboxylic acids is 1. The van der Waals surface area contributed by atoms with Gasteiger partial charge >= 0.3 is 5.97 Å². The van der Waals surface area contributed by atoms with Gasteiger partial charge in [0.05, 0.1) is 6.04 Å². The summed E-state index contributed by atoms with van der Waals surface area (Å²) >= 11 is 0. The summed E-state index contributed by atoms with van der Waals surface area (Å²) in [5, 5.41) is 14.2. The lowest BCUT2D eigenvalue weighted by atomic mass is 10.1. The van der Waals surface area contributed by atoms with Crippen LogP contribution in [0.15, 0.2) is 0 Å². The molecule has 1 rings (SSSR count). The van der Waals surface area contributed by atoms with E-state index in [2.05, 4.69) is 10.6 Å². The van der Waals surface area contributed by atoms with Gasteiger partial charge in [-0.25, -0.2) is 0 Å². The molecule has 5 nitrogen and oxygen atoms in total. The molecule has 86 valence electrons. The lowest BCUT2D eigenvalue weighted by molar-refractivity contribution is -0.141. The van der Waals surface area contributed by atoms with Crippen molar-refractivity contribution in [1.29, 1.82) is 0 Å². The van der Waals surface area contributed by atoms with Gasteiger partial charge in [-0.3, -0.25) is 9.59 Å². The molecule has 0 aromatic heterocycles. The molecule has 3 N–H and O–H groups in total. The van der Waals surface area contributed by atoms with E-state index in [1.54, 1.807) is 0 Å². The number of hydrogen-bond acceptors (Lipinski definition) is 3. The van der Waals surface area contributed by atoms with E-state index in [9.17, 15) is 9.59 Å². The predicted octanol–water partition coefficient (Wildman–Crippen LogP) is 0.108. The van der Waals surface area contributed by atoms with Crippen molar-refractivity contribution in [2.24, 2.45) is 0 Å². The smallest absolute Gasteiger partial charge is 0.325 e. The van der Waals surface area contributed by atoms with E-state index < -0.39 is 12.0 Å². The number of carbonyl (C=O) groups is 2. The average Bonchev–Trinajstić information content (AvgIpc) is 2.45. The third kappa shape index (κ3) is 3.87. The van der Waals surface area contributed by atoms with Gasteiger partial charge in [-0.05, 0) is 26.3 Å². The van der Waals surface area contributed by atoms with Crippen LogP contribution in [0.25, 0.3) is 0 Å². The Kier molecular flexibility index (Phi) is 4.55. The Morgan fingerprint density at radius 2 is 2.13 bits per heavy atom. The minimum atomic E-state index is -1.00. The third-order valence-corrected chi connectivity index (χ3v) is 2.61. The summed E-state index contributed by atoms with van der Waals surface area (Å²) in [5.74, 6) is -1.20. The first-order chi connectivity index (χ1) is 7.11. The molecular weight excluding hydrogens is 196 g/mol. The van der Waals surface area contributed by atoms with Crippen LogP contribution in [-0.2, 0) is 9.59 Å². The van der Waals surface area contributed by atoms with Gasteiger partial charge in [0.15, 0.2) is 0 Å². The molecule has 0 aromatic rings. The first-order valence-corrected chi connectivity index (χ1v) is 5.38. The summed E-state index contributed by atoms with van der Waals surface area (Å²) in [4.78, 5) is 22.2. The number of rotatable bonds is 3. The minimum absolute atomic E-state index is 0.202. The molecule has 0 bridgehead atoms. The number of hydrogen-bond donors (Lipinski definition) is 3. The fourth-order valence-electron chi connectivity index (χ4n) is 1.63. The van der Waals surface area contributed by atoms with Crippen LogP contribution in [0.3, 0.4) is 0 Å². The Morgan fingerprint density at radius 1 is 1.40 bits per heavy atom. The van der Waals surface area contributed by atoms with Crippen LogP contribution in [-0.4, -0.2) is 35.6 Å². The number of carboxylic acids is 1. The highest BCUT2D eigenvalue weighted by Crippen LogP contribution is 2.08. The maximum absolute atomic E-state index is 11.6. The van der Waals surface area contributed by atoms with Crippen molar-refractivity contribution >= 4 is 11.9 Å². The predicted molar refractivity (Wildman–Crippen MR) is 55.5 cm³/mol.